The van der Waals surface area contributed by atoms with Crippen LogP contribution < -0.4 is 5.32 Å². The zero-order valence-corrected chi connectivity index (χ0v) is 17.0. The Bertz CT molecular complexity index is 961. The van der Waals surface area contributed by atoms with Crippen molar-refractivity contribution in [2.24, 2.45) is 0 Å². The van der Waals surface area contributed by atoms with Gasteiger partial charge in [0.15, 0.2) is 0 Å². The Morgan fingerprint density at radius 1 is 0.897 bits per heavy atom. The van der Waals surface area contributed by atoms with Gasteiger partial charge in [0.05, 0.1) is 0 Å². The van der Waals surface area contributed by atoms with Crippen LogP contribution in [0.4, 0.5) is 0 Å². The summed E-state index contributed by atoms with van der Waals surface area (Å²) in [6.45, 7) is 2.12. The van der Waals surface area contributed by atoms with Gasteiger partial charge in [-0.05, 0) is 22.8 Å². The van der Waals surface area contributed by atoms with Gasteiger partial charge in [0, 0.05) is 25.0 Å². The molecule has 0 aromatic heterocycles. The average molecular weight is 407 g/mol. The molecule has 0 spiro atoms. The minimum Gasteiger partial charge on any atom is -0.350 e. The highest BCUT2D eigenvalue weighted by Gasteiger charge is 2.29. The van der Waals surface area contributed by atoms with Crippen molar-refractivity contribution in [1.82, 2.24) is 10.2 Å². The number of hydrogen-bond acceptors (Lipinski definition) is 2. The van der Waals surface area contributed by atoms with E-state index < -0.39 is 6.04 Å². The molecule has 0 saturated carbocycles. The Balaban J connectivity index is 1.87. The number of nitrogens with zero attached hydrogens (tertiary/aromatic N) is 1. The molecule has 0 aliphatic carbocycles. The fraction of sp³-hybridized carbons (Fsp3) is 0.167. The fourth-order valence-electron chi connectivity index (χ4n) is 3.19. The third-order valence-electron chi connectivity index (χ3n) is 4.69. The molecule has 0 unspecified atom stereocenters. The summed E-state index contributed by atoms with van der Waals surface area (Å²) in [4.78, 5) is 27.3. The summed E-state index contributed by atoms with van der Waals surface area (Å²) in [5.41, 5.74) is 2.55. The summed E-state index contributed by atoms with van der Waals surface area (Å²) in [6, 6.07) is 25.6. The molecule has 0 radical (unpaired) electrons. The number of hydrogen-bond donors (Lipinski definition) is 1. The van der Waals surface area contributed by atoms with Gasteiger partial charge >= 0.3 is 0 Å². The molecule has 3 aromatic carbocycles. The third kappa shape index (κ3) is 5.46. The molecule has 1 N–H and O–H groups in total. The highest BCUT2D eigenvalue weighted by atomic mass is 35.5. The van der Waals surface area contributed by atoms with Crippen LogP contribution in [-0.2, 0) is 22.7 Å². The van der Waals surface area contributed by atoms with Crippen LogP contribution in [0.1, 0.15) is 29.7 Å². The second kappa shape index (κ2) is 9.89. The van der Waals surface area contributed by atoms with Crippen molar-refractivity contribution in [1.29, 1.82) is 0 Å². The van der Waals surface area contributed by atoms with E-state index in [-0.39, 0.29) is 11.8 Å². The third-order valence-corrected chi connectivity index (χ3v) is 5.06. The lowest BCUT2D eigenvalue weighted by atomic mass is 10.0. The molecule has 2 amide bonds. The quantitative estimate of drug-likeness (QED) is 0.615. The SMILES string of the molecule is CC(=O)N(Cc1ccccc1)[C@H](C(=O)NCc1ccccc1Cl)c1ccccc1. The Morgan fingerprint density at radius 3 is 2.10 bits per heavy atom. The van der Waals surface area contributed by atoms with E-state index in [1.807, 2.05) is 78.9 Å². The van der Waals surface area contributed by atoms with Crippen molar-refractivity contribution in [2.45, 2.75) is 26.1 Å². The lowest BCUT2D eigenvalue weighted by molar-refractivity contribution is -0.140. The molecular formula is C24H23ClN2O2. The van der Waals surface area contributed by atoms with Crippen LogP contribution in [0.15, 0.2) is 84.9 Å². The zero-order valence-electron chi connectivity index (χ0n) is 16.2. The van der Waals surface area contributed by atoms with E-state index in [1.54, 1.807) is 11.0 Å². The Labute approximate surface area is 176 Å². The van der Waals surface area contributed by atoms with Gasteiger partial charge in [-0.15, -0.1) is 0 Å². The number of nitrogens with one attached hydrogen (secondary N) is 1. The van der Waals surface area contributed by atoms with Gasteiger partial charge in [-0.2, -0.15) is 0 Å². The van der Waals surface area contributed by atoms with Gasteiger partial charge in [-0.1, -0.05) is 90.5 Å². The maximum atomic E-state index is 13.2. The molecule has 5 heteroatoms. The van der Waals surface area contributed by atoms with Crippen molar-refractivity contribution in [3.05, 3.63) is 107 Å². The first-order valence-electron chi connectivity index (χ1n) is 9.43. The largest absolute Gasteiger partial charge is 0.350 e. The van der Waals surface area contributed by atoms with Gasteiger partial charge in [-0.3, -0.25) is 9.59 Å². The van der Waals surface area contributed by atoms with Crippen LogP contribution in [0.25, 0.3) is 0 Å². The maximum absolute atomic E-state index is 13.2. The van der Waals surface area contributed by atoms with E-state index in [9.17, 15) is 9.59 Å². The van der Waals surface area contributed by atoms with E-state index in [4.69, 9.17) is 11.6 Å². The molecule has 3 rings (SSSR count). The normalized spacial score (nSPS) is 11.5. The Morgan fingerprint density at radius 2 is 1.48 bits per heavy atom. The van der Waals surface area contributed by atoms with E-state index in [1.165, 1.54) is 6.92 Å². The van der Waals surface area contributed by atoms with Crippen LogP contribution in [0.2, 0.25) is 5.02 Å². The summed E-state index contributed by atoms with van der Waals surface area (Å²) in [5.74, 6) is -0.419. The zero-order chi connectivity index (χ0) is 20.6. The molecule has 0 heterocycles. The van der Waals surface area contributed by atoms with Crippen LogP contribution in [-0.4, -0.2) is 16.7 Å². The van der Waals surface area contributed by atoms with Crippen molar-refractivity contribution in [3.63, 3.8) is 0 Å². The second-order valence-electron chi connectivity index (χ2n) is 6.75. The molecule has 0 bridgehead atoms. The predicted octanol–water partition coefficient (Wildman–Crippen LogP) is 4.75. The fourth-order valence-corrected chi connectivity index (χ4v) is 3.40. The van der Waals surface area contributed by atoms with Gasteiger partial charge in [0.1, 0.15) is 6.04 Å². The summed E-state index contributed by atoms with van der Waals surface area (Å²) >= 11 is 6.21. The number of carbonyl (C=O) groups is 2. The lowest BCUT2D eigenvalue weighted by Gasteiger charge is -2.30. The monoisotopic (exact) mass is 406 g/mol. The second-order valence-corrected chi connectivity index (χ2v) is 7.16. The minimum atomic E-state index is -0.739. The van der Waals surface area contributed by atoms with Crippen molar-refractivity contribution in [3.8, 4) is 0 Å². The first-order valence-corrected chi connectivity index (χ1v) is 9.81. The molecule has 0 aliphatic rings. The molecule has 0 aliphatic heterocycles. The molecule has 4 nitrogen and oxygen atoms in total. The smallest absolute Gasteiger partial charge is 0.247 e. The molecule has 1 atom stereocenters. The summed E-state index contributed by atoms with van der Waals surface area (Å²) in [7, 11) is 0. The van der Waals surface area contributed by atoms with Gasteiger partial charge in [0.2, 0.25) is 11.8 Å². The number of rotatable bonds is 7. The van der Waals surface area contributed by atoms with Gasteiger partial charge < -0.3 is 10.2 Å². The average Bonchev–Trinajstić information content (AvgIpc) is 2.74. The summed E-state index contributed by atoms with van der Waals surface area (Å²) in [5, 5.41) is 3.54. The first kappa shape index (κ1) is 20.6. The summed E-state index contributed by atoms with van der Waals surface area (Å²) in [6.07, 6.45) is 0. The standard InChI is InChI=1S/C24H23ClN2O2/c1-18(28)27(17-19-10-4-2-5-11-19)23(20-12-6-3-7-13-20)24(29)26-16-21-14-8-9-15-22(21)25/h2-15,23H,16-17H2,1H3,(H,26,29)/t23-/m0/s1. The van der Waals surface area contributed by atoms with E-state index in [0.717, 1.165) is 16.7 Å². The Hall–Kier alpha value is -3.11. The molecule has 0 fully saturated rings. The Kier molecular flexibility index (Phi) is 7.04. The van der Waals surface area contributed by atoms with Gasteiger partial charge in [-0.25, -0.2) is 0 Å². The summed E-state index contributed by atoms with van der Waals surface area (Å²) < 4.78 is 0. The van der Waals surface area contributed by atoms with Crippen LogP contribution in [0.3, 0.4) is 0 Å². The minimum absolute atomic E-state index is 0.171. The maximum Gasteiger partial charge on any atom is 0.247 e. The highest BCUT2D eigenvalue weighted by molar-refractivity contribution is 6.31. The van der Waals surface area contributed by atoms with Gasteiger partial charge in [0.25, 0.3) is 0 Å². The molecule has 148 valence electrons. The number of carbonyl (C=O) groups excluding carboxylic acids is 2. The molecular weight excluding hydrogens is 384 g/mol. The highest BCUT2D eigenvalue weighted by Crippen LogP contribution is 2.24. The number of benzene rings is 3. The van der Waals surface area contributed by atoms with Crippen molar-refractivity contribution in [2.75, 3.05) is 0 Å². The van der Waals surface area contributed by atoms with Crippen LogP contribution in [0, 0.1) is 0 Å². The molecule has 29 heavy (non-hydrogen) atoms. The predicted molar refractivity (Wildman–Crippen MR) is 115 cm³/mol. The van der Waals surface area contributed by atoms with E-state index in [2.05, 4.69) is 5.32 Å². The lowest BCUT2D eigenvalue weighted by Crippen LogP contribution is -2.42. The van der Waals surface area contributed by atoms with Crippen LogP contribution in [0.5, 0.6) is 0 Å². The molecule has 3 aromatic rings. The van der Waals surface area contributed by atoms with E-state index in [0.29, 0.717) is 18.1 Å². The first-order chi connectivity index (χ1) is 14.1. The van der Waals surface area contributed by atoms with Crippen LogP contribution >= 0.6 is 11.6 Å². The molecule has 0 saturated heterocycles. The number of amides is 2. The van der Waals surface area contributed by atoms with E-state index >= 15 is 0 Å². The van der Waals surface area contributed by atoms with Crippen molar-refractivity contribution >= 4 is 23.4 Å². The van der Waals surface area contributed by atoms with Crippen molar-refractivity contribution < 1.29 is 9.59 Å². The topological polar surface area (TPSA) is 49.4 Å². The number of halogens is 1.